The van der Waals surface area contributed by atoms with Gasteiger partial charge in [-0.3, -0.25) is 0 Å². The lowest BCUT2D eigenvalue weighted by Crippen LogP contribution is -2.50. The van der Waals surface area contributed by atoms with Crippen molar-refractivity contribution in [3.63, 3.8) is 0 Å². The molecule has 2 aromatic carbocycles. The second-order valence-electron chi connectivity index (χ2n) is 9.13. The zero-order chi connectivity index (χ0) is 24.1. The summed E-state index contributed by atoms with van der Waals surface area (Å²) >= 11 is 0. The van der Waals surface area contributed by atoms with Crippen molar-refractivity contribution in [2.75, 3.05) is 19.6 Å². The predicted octanol–water partition coefficient (Wildman–Crippen LogP) is 7.43. The van der Waals surface area contributed by atoms with E-state index in [4.69, 9.17) is 0 Å². The van der Waals surface area contributed by atoms with Crippen molar-refractivity contribution in [3.05, 3.63) is 114 Å². The van der Waals surface area contributed by atoms with E-state index in [-0.39, 0.29) is 0 Å². The first-order chi connectivity index (χ1) is 15.7. The summed E-state index contributed by atoms with van der Waals surface area (Å²) in [5.41, 5.74) is 10.3. The van der Waals surface area contributed by atoms with Crippen LogP contribution in [-0.2, 0) is 6.42 Å². The minimum Gasteiger partial charge on any atom is -0.368 e. The summed E-state index contributed by atoms with van der Waals surface area (Å²) in [7, 11) is 0. The molecule has 1 atom stereocenters. The van der Waals surface area contributed by atoms with E-state index in [0.717, 1.165) is 48.6 Å². The largest absolute Gasteiger partial charge is 0.368 e. The highest BCUT2D eigenvalue weighted by molar-refractivity contribution is 5.80. The normalized spacial score (nSPS) is 16.5. The van der Waals surface area contributed by atoms with Gasteiger partial charge < -0.3 is 9.80 Å². The molecule has 0 aromatic heterocycles. The van der Waals surface area contributed by atoms with Gasteiger partial charge in [-0.2, -0.15) is 0 Å². The van der Waals surface area contributed by atoms with Crippen LogP contribution in [0.2, 0.25) is 0 Å². The van der Waals surface area contributed by atoms with E-state index in [1.165, 1.54) is 27.8 Å². The maximum atomic E-state index is 4.47. The molecule has 0 radical (unpaired) electrons. The van der Waals surface area contributed by atoms with Gasteiger partial charge >= 0.3 is 0 Å². The highest BCUT2D eigenvalue weighted by Crippen LogP contribution is 2.32. The van der Waals surface area contributed by atoms with E-state index >= 15 is 0 Å². The number of nitrogens with zero attached hydrogens (tertiary/aromatic N) is 2. The number of hydrogen-bond acceptors (Lipinski definition) is 2. The van der Waals surface area contributed by atoms with Gasteiger partial charge in [-0.05, 0) is 60.6 Å². The SMILES string of the molecule is C=C(C)/C=C(\C)c1ccc(C(=C)C(=C)N2CCN(C(=C)c3ccccc3)CC2C)c(CC)c1. The Morgan fingerprint density at radius 1 is 0.970 bits per heavy atom. The van der Waals surface area contributed by atoms with Crippen LogP contribution in [0.3, 0.4) is 0 Å². The maximum Gasteiger partial charge on any atom is 0.0437 e. The summed E-state index contributed by atoms with van der Waals surface area (Å²) < 4.78 is 0. The summed E-state index contributed by atoms with van der Waals surface area (Å²) in [6.45, 7) is 28.7. The van der Waals surface area contributed by atoms with Gasteiger partial charge in [0.2, 0.25) is 0 Å². The molecule has 33 heavy (non-hydrogen) atoms. The molecule has 0 N–H and O–H groups in total. The van der Waals surface area contributed by atoms with Gasteiger partial charge in [0, 0.05) is 37.1 Å². The number of hydrogen-bond donors (Lipinski definition) is 0. The Morgan fingerprint density at radius 2 is 1.67 bits per heavy atom. The standard InChI is InChI=1S/C31H38N2/c1-9-28-20-30(23(4)19-22(2)3)15-16-31(28)25(6)26(7)33-18-17-32(21-24(33)5)27(8)29-13-11-10-12-14-29/h10-16,19-20,24H,2,6-9,17-18,21H2,1,3-5H3/b23-19+. The number of allylic oxidation sites excluding steroid dienone is 4. The van der Waals surface area contributed by atoms with Crippen molar-refractivity contribution >= 4 is 16.8 Å². The van der Waals surface area contributed by atoms with Gasteiger partial charge in [0.1, 0.15) is 0 Å². The van der Waals surface area contributed by atoms with Crippen LogP contribution >= 0.6 is 0 Å². The van der Waals surface area contributed by atoms with E-state index in [1.807, 2.05) is 13.0 Å². The molecule has 2 heteroatoms. The highest BCUT2D eigenvalue weighted by atomic mass is 15.3. The zero-order valence-electron chi connectivity index (χ0n) is 20.8. The molecule has 2 aromatic rings. The number of rotatable bonds is 8. The van der Waals surface area contributed by atoms with Crippen molar-refractivity contribution in [3.8, 4) is 0 Å². The second-order valence-corrected chi connectivity index (χ2v) is 9.13. The second kappa shape index (κ2) is 10.6. The molecule has 172 valence electrons. The van der Waals surface area contributed by atoms with Gasteiger partial charge in [0.25, 0.3) is 0 Å². The molecule has 0 saturated carbocycles. The average Bonchev–Trinajstić information content (AvgIpc) is 2.82. The highest BCUT2D eigenvalue weighted by Gasteiger charge is 2.27. The van der Waals surface area contributed by atoms with Crippen LogP contribution in [0.25, 0.3) is 16.8 Å². The van der Waals surface area contributed by atoms with Crippen molar-refractivity contribution in [1.29, 1.82) is 0 Å². The minimum absolute atomic E-state index is 0.327. The van der Waals surface area contributed by atoms with Crippen LogP contribution in [0, 0.1) is 0 Å². The van der Waals surface area contributed by atoms with Crippen LogP contribution < -0.4 is 0 Å². The van der Waals surface area contributed by atoms with E-state index in [1.54, 1.807) is 0 Å². The Morgan fingerprint density at radius 3 is 2.27 bits per heavy atom. The molecular formula is C31H38N2. The quantitative estimate of drug-likeness (QED) is 0.395. The van der Waals surface area contributed by atoms with Crippen molar-refractivity contribution in [2.24, 2.45) is 0 Å². The van der Waals surface area contributed by atoms with Crippen LogP contribution in [0.5, 0.6) is 0 Å². The van der Waals surface area contributed by atoms with Gasteiger partial charge in [-0.1, -0.05) is 93.4 Å². The molecule has 0 aliphatic carbocycles. The van der Waals surface area contributed by atoms with E-state index < -0.39 is 0 Å². The fourth-order valence-corrected chi connectivity index (χ4v) is 4.62. The van der Waals surface area contributed by atoms with Crippen molar-refractivity contribution in [1.82, 2.24) is 9.80 Å². The molecule has 0 bridgehead atoms. The molecule has 1 fully saturated rings. The van der Waals surface area contributed by atoms with Crippen molar-refractivity contribution in [2.45, 2.75) is 40.2 Å². The molecule has 2 nitrogen and oxygen atoms in total. The van der Waals surface area contributed by atoms with Gasteiger partial charge in [-0.15, -0.1) is 0 Å². The molecule has 3 rings (SSSR count). The first-order valence-electron chi connectivity index (χ1n) is 11.8. The molecular weight excluding hydrogens is 400 g/mol. The first kappa shape index (κ1) is 24.4. The van der Waals surface area contributed by atoms with Gasteiger partial charge in [0.15, 0.2) is 0 Å². The number of benzene rings is 2. The molecule has 1 heterocycles. The maximum absolute atomic E-state index is 4.47. The molecule has 0 spiro atoms. The average molecular weight is 439 g/mol. The molecule has 1 unspecified atom stereocenters. The monoisotopic (exact) mass is 438 g/mol. The number of piperazine rings is 1. The summed E-state index contributed by atoms with van der Waals surface area (Å²) in [6, 6.07) is 17.4. The predicted molar refractivity (Wildman–Crippen MR) is 146 cm³/mol. The van der Waals surface area contributed by atoms with E-state index in [0.29, 0.717) is 6.04 Å². The summed E-state index contributed by atoms with van der Waals surface area (Å²) in [4.78, 5) is 4.78. The lowest BCUT2D eigenvalue weighted by Gasteiger charge is -2.44. The summed E-state index contributed by atoms with van der Waals surface area (Å²) in [5.74, 6) is 0. The lowest BCUT2D eigenvalue weighted by atomic mass is 9.92. The smallest absolute Gasteiger partial charge is 0.0437 e. The topological polar surface area (TPSA) is 6.48 Å². The van der Waals surface area contributed by atoms with E-state index in [9.17, 15) is 0 Å². The zero-order valence-corrected chi connectivity index (χ0v) is 20.8. The third kappa shape index (κ3) is 5.57. The van der Waals surface area contributed by atoms with Crippen molar-refractivity contribution < 1.29 is 0 Å². The van der Waals surface area contributed by atoms with Crippen LogP contribution in [-0.4, -0.2) is 35.5 Å². The molecule has 1 aliphatic rings. The van der Waals surface area contributed by atoms with Crippen LogP contribution in [0.1, 0.15) is 49.9 Å². The van der Waals surface area contributed by atoms with Crippen LogP contribution in [0.4, 0.5) is 0 Å². The Labute approximate surface area is 200 Å². The fraction of sp³-hybridized carbons (Fsp3) is 0.290. The third-order valence-electron chi connectivity index (χ3n) is 6.54. The lowest BCUT2D eigenvalue weighted by molar-refractivity contribution is 0.159. The first-order valence-corrected chi connectivity index (χ1v) is 11.8. The minimum atomic E-state index is 0.327. The Bertz CT molecular complexity index is 1090. The fourth-order valence-electron chi connectivity index (χ4n) is 4.62. The van der Waals surface area contributed by atoms with Gasteiger partial charge in [-0.25, -0.2) is 0 Å². The van der Waals surface area contributed by atoms with Gasteiger partial charge in [0.05, 0.1) is 0 Å². The molecule has 1 aliphatic heterocycles. The summed E-state index contributed by atoms with van der Waals surface area (Å²) in [6.07, 6.45) is 3.09. The number of aryl methyl sites for hydroxylation is 1. The van der Waals surface area contributed by atoms with Crippen LogP contribution in [0.15, 0.2) is 92.2 Å². The Hall–Kier alpha value is -3.26. The molecule has 0 amide bonds. The third-order valence-corrected chi connectivity index (χ3v) is 6.54. The Kier molecular flexibility index (Phi) is 7.81. The Balaban J connectivity index is 1.74. The van der Waals surface area contributed by atoms with E-state index in [2.05, 4.69) is 105 Å². The summed E-state index contributed by atoms with van der Waals surface area (Å²) in [5, 5.41) is 0. The molecule has 1 saturated heterocycles.